The average Bonchev–Trinajstić information content (AvgIpc) is 3.65. The average molecular weight is 926 g/mol. The topological polar surface area (TPSA) is 35.0 Å². The van der Waals surface area contributed by atoms with E-state index in [1.807, 2.05) is 60.8 Å². The molecule has 0 amide bonds. The number of pyridine rings is 2. The van der Waals surface area contributed by atoms with Crippen molar-refractivity contribution in [3.8, 4) is 89.6 Å². The van der Waals surface area contributed by atoms with E-state index in [4.69, 9.17) is 9.72 Å². The first kappa shape index (κ1) is 35.0. The molecular weight excluding hydrogens is 896 g/mol. The largest absolute Gasteiger partial charge is 2.00 e. The Morgan fingerprint density at radius 1 is 0.421 bits per heavy atom. The number of aromatic nitrogens is 2. The van der Waals surface area contributed by atoms with Gasteiger partial charge in [0, 0.05) is 39.0 Å². The monoisotopic (exact) mass is 925 g/mol. The molecule has 0 bridgehead atoms. The van der Waals surface area contributed by atoms with Crippen LogP contribution in [-0.4, -0.2) is 9.97 Å². The van der Waals surface area contributed by atoms with Gasteiger partial charge in [0.1, 0.15) is 0 Å². The van der Waals surface area contributed by atoms with E-state index < -0.39 is 0 Å². The molecule has 11 rings (SSSR count). The summed E-state index contributed by atoms with van der Waals surface area (Å²) in [6, 6.07) is 66.8. The minimum absolute atomic E-state index is 0. The molecule has 0 atom stereocenters. The second-order valence-electron chi connectivity index (χ2n) is 13.9. The van der Waals surface area contributed by atoms with Gasteiger partial charge < -0.3 is 14.7 Å². The number of thiophene rings is 1. The number of ether oxygens (including phenoxy) is 1. The molecule has 0 radical (unpaired) electrons. The fourth-order valence-electron chi connectivity index (χ4n) is 8.06. The zero-order valence-electron chi connectivity index (χ0n) is 30.3. The van der Waals surface area contributed by atoms with Crippen LogP contribution in [0.4, 0.5) is 0 Å². The molecule has 57 heavy (non-hydrogen) atoms. The molecule has 3 heterocycles. The quantitative estimate of drug-likeness (QED) is 0.161. The summed E-state index contributed by atoms with van der Waals surface area (Å²) < 4.78 is 8.63. The molecule has 7 aromatic carbocycles. The molecule has 0 unspecified atom stereocenters. The van der Waals surface area contributed by atoms with Gasteiger partial charge in [0.15, 0.2) is 0 Å². The number of hydrogen-bond donors (Lipinski definition) is 0. The molecular formula is C52H30N2OPtS. The van der Waals surface area contributed by atoms with Gasteiger partial charge in [-0.2, -0.15) is 0 Å². The predicted molar refractivity (Wildman–Crippen MR) is 231 cm³/mol. The van der Waals surface area contributed by atoms with E-state index in [-0.39, 0.29) is 21.1 Å². The molecule has 1 aliphatic carbocycles. The van der Waals surface area contributed by atoms with Gasteiger partial charge in [0.25, 0.3) is 0 Å². The van der Waals surface area contributed by atoms with Crippen molar-refractivity contribution in [1.82, 2.24) is 9.97 Å². The van der Waals surface area contributed by atoms with Crippen LogP contribution in [0.1, 0.15) is 0 Å². The van der Waals surface area contributed by atoms with Crippen molar-refractivity contribution in [3.63, 3.8) is 0 Å². The van der Waals surface area contributed by atoms with Gasteiger partial charge in [-0.25, -0.2) is 0 Å². The molecule has 3 nitrogen and oxygen atoms in total. The van der Waals surface area contributed by atoms with Crippen LogP contribution in [0.2, 0.25) is 0 Å². The van der Waals surface area contributed by atoms with Gasteiger partial charge in [-0.1, -0.05) is 121 Å². The van der Waals surface area contributed by atoms with Crippen molar-refractivity contribution in [2.75, 3.05) is 0 Å². The van der Waals surface area contributed by atoms with E-state index in [0.717, 1.165) is 27.2 Å². The third-order valence-electron chi connectivity index (χ3n) is 10.6. The van der Waals surface area contributed by atoms with E-state index in [0.29, 0.717) is 11.5 Å². The van der Waals surface area contributed by atoms with E-state index >= 15 is 0 Å². The minimum Gasteiger partial charge on any atom is -0.497 e. The zero-order chi connectivity index (χ0) is 37.0. The second kappa shape index (κ2) is 14.6. The van der Waals surface area contributed by atoms with Crippen LogP contribution in [0.5, 0.6) is 11.5 Å². The summed E-state index contributed by atoms with van der Waals surface area (Å²) in [5.74, 6) is 1.21. The molecule has 0 N–H and O–H groups in total. The Kier molecular flexibility index (Phi) is 8.94. The molecule has 0 aliphatic heterocycles. The normalized spacial score (nSPS) is 11.4. The van der Waals surface area contributed by atoms with Gasteiger partial charge in [0.05, 0.1) is 0 Å². The third kappa shape index (κ3) is 6.19. The third-order valence-corrected chi connectivity index (χ3v) is 11.8. The molecule has 0 saturated carbocycles. The fourth-order valence-corrected chi connectivity index (χ4v) is 9.30. The molecule has 0 spiro atoms. The van der Waals surface area contributed by atoms with Crippen molar-refractivity contribution in [2.24, 2.45) is 0 Å². The maximum Gasteiger partial charge on any atom is 2.00 e. The van der Waals surface area contributed by atoms with Crippen molar-refractivity contribution in [1.29, 1.82) is 0 Å². The first-order valence-electron chi connectivity index (χ1n) is 18.6. The standard InChI is InChI=1S/C52H30N2OS.Pt/c1-2-16-40-39(15-1)41-17-3-4-19-43(41)45-24-22-33(31-48(45)44-20-6-5-18-42(40)44)34-23-25-46-47-26-28-54-51(52(47)56-50(46)32-34)36-12-10-14-38(30-36)55-37-13-9-11-35(29-37)49-21-7-8-27-53-49;/h1-28,31-32H;/q-2;+2. The van der Waals surface area contributed by atoms with Crippen LogP contribution in [0, 0.1) is 12.1 Å². The first-order chi connectivity index (χ1) is 27.7. The maximum absolute atomic E-state index is 6.29. The summed E-state index contributed by atoms with van der Waals surface area (Å²) in [5.41, 5.74) is 15.8. The number of nitrogens with zero attached hydrogens (tertiary/aromatic N) is 2. The molecule has 1 aliphatic rings. The molecule has 10 aromatic rings. The van der Waals surface area contributed by atoms with Crippen LogP contribution in [-0.2, 0) is 21.1 Å². The molecule has 0 fully saturated rings. The Morgan fingerprint density at radius 3 is 1.63 bits per heavy atom. The van der Waals surface area contributed by atoms with Crippen LogP contribution in [0.3, 0.4) is 0 Å². The predicted octanol–water partition coefficient (Wildman–Crippen LogP) is 14.2. The van der Waals surface area contributed by atoms with Crippen LogP contribution < -0.4 is 4.74 Å². The van der Waals surface area contributed by atoms with E-state index in [9.17, 15) is 0 Å². The van der Waals surface area contributed by atoms with Crippen molar-refractivity contribution in [3.05, 3.63) is 194 Å². The summed E-state index contributed by atoms with van der Waals surface area (Å²) in [5, 5.41) is 2.40. The Balaban J connectivity index is 0.00000396. The van der Waals surface area contributed by atoms with E-state index in [1.165, 1.54) is 71.1 Å². The Labute approximate surface area is 349 Å². The van der Waals surface area contributed by atoms with E-state index in [1.54, 1.807) is 17.5 Å². The second-order valence-corrected chi connectivity index (χ2v) is 15.0. The summed E-state index contributed by atoms with van der Waals surface area (Å²) in [6.07, 6.45) is 3.68. The van der Waals surface area contributed by atoms with Crippen molar-refractivity contribution < 1.29 is 25.8 Å². The smallest absolute Gasteiger partial charge is 0.497 e. The number of hydrogen-bond acceptors (Lipinski definition) is 4. The molecule has 270 valence electrons. The molecule has 5 heteroatoms. The van der Waals surface area contributed by atoms with Gasteiger partial charge in [-0.3, -0.25) is 0 Å². The molecule has 3 aromatic heterocycles. The van der Waals surface area contributed by atoms with Gasteiger partial charge >= 0.3 is 21.1 Å². The first-order valence-corrected chi connectivity index (χ1v) is 19.5. The molecule has 0 saturated heterocycles. The Morgan fingerprint density at radius 2 is 0.982 bits per heavy atom. The van der Waals surface area contributed by atoms with Gasteiger partial charge in [0.2, 0.25) is 0 Å². The van der Waals surface area contributed by atoms with E-state index in [2.05, 4.69) is 132 Å². The fraction of sp³-hybridized carbons (Fsp3) is 0. The Bertz CT molecular complexity index is 3130. The van der Waals surface area contributed by atoms with Gasteiger partial charge in [-0.15, -0.1) is 58.9 Å². The minimum atomic E-state index is 0. The van der Waals surface area contributed by atoms with Crippen LogP contribution >= 0.6 is 11.3 Å². The van der Waals surface area contributed by atoms with Crippen molar-refractivity contribution in [2.45, 2.75) is 0 Å². The number of fused-ring (bicyclic) bond motifs is 11. The van der Waals surface area contributed by atoms with Gasteiger partial charge in [-0.05, 0) is 96.4 Å². The van der Waals surface area contributed by atoms with Crippen LogP contribution in [0.25, 0.3) is 98.3 Å². The summed E-state index contributed by atoms with van der Waals surface area (Å²) in [7, 11) is 0. The maximum atomic E-state index is 6.29. The SMILES string of the molecule is [Pt+2].[c-]1c(Oc2[c-]c(-c3nccc4c3sc3cc(-c5ccc6c(c5)-c5ccccc5-c5ccccc5-c5ccccc5-6)ccc34)ccc2)cccc1-c1ccccn1. The number of benzene rings is 7. The summed E-state index contributed by atoms with van der Waals surface area (Å²) >= 11 is 1.77. The van der Waals surface area contributed by atoms with Crippen LogP contribution in [0.15, 0.2) is 182 Å². The number of rotatable bonds is 5. The zero-order valence-corrected chi connectivity index (χ0v) is 33.4. The van der Waals surface area contributed by atoms with Crippen molar-refractivity contribution >= 4 is 31.5 Å². The summed E-state index contributed by atoms with van der Waals surface area (Å²) in [4.78, 5) is 9.35. The Hall–Kier alpha value is -6.45. The summed E-state index contributed by atoms with van der Waals surface area (Å²) in [6.45, 7) is 0.